The van der Waals surface area contributed by atoms with Crippen molar-refractivity contribution in [2.45, 2.75) is 46.0 Å². The summed E-state index contributed by atoms with van der Waals surface area (Å²) in [6.45, 7) is 6.44. The molecule has 0 saturated heterocycles. The summed E-state index contributed by atoms with van der Waals surface area (Å²) in [5, 5.41) is 4.23. The summed E-state index contributed by atoms with van der Waals surface area (Å²) in [4.78, 5) is 20.6. The summed E-state index contributed by atoms with van der Waals surface area (Å²) in [6, 6.07) is 20.5. The smallest absolute Gasteiger partial charge is 0.224 e. The highest BCUT2D eigenvalue weighted by atomic mass is 16.1. The number of benzene rings is 2. The third-order valence-electron chi connectivity index (χ3n) is 5.67. The number of aromatic nitrogens is 2. The number of amides is 1. The van der Waals surface area contributed by atoms with Gasteiger partial charge in [0.05, 0.1) is 11.4 Å². The molecule has 0 saturated carbocycles. The van der Waals surface area contributed by atoms with Crippen LogP contribution in [0.5, 0.6) is 0 Å². The number of carbonyl (C=O) groups is 1. The number of pyridine rings is 1. The van der Waals surface area contributed by atoms with Gasteiger partial charge in [0.1, 0.15) is 0 Å². The maximum absolute atomic E-state index is 12.5. The zero-order valence-corrected chi connectivity index (χ0v) is 18.4. The Kier molecular flexibility index (Phi) is 6.17. The van der Waals surface area contributed by atoms with E-state index < -0.39 is 0 Å². The lowest BCUT2D eigenvalue weighted by molar-refractivity contribution is -0.116. The predicted octanol–water partition coefficient (Wildman–Crippen LogP) is 6.62. The number of H-pyrrole nitrogens is 1. The number of hydrogen-bond donors (Lipinski definition) is 2. The molecular weight excluding hydrogens is 382 g/mol. The predicted molar refractivity (Wildman–Crippen MR) is 128 cm³/mol. The summed E-state index contributed by atoms with van der Waals surface area (Å²) >= 11 is 0. The molecule has 2 aromatic carbocycles. The minimum absolute atomic E-state index is 0.0488. The van der Waals surface area contributed by atoms with Crippen molar-refractivity contribution in [3.63, 3.8) is 0 Å². The summed E-state index contributed by atoms with van der Waals surface area (Å²) in [5.41, 5.74) is 7.67. The van der Waals surface area contributed by atoms with Crippen molar-refractivity contribution in [2.24, 2.45) is 0 Å². The van der Waals surface area contributed by atoms with Gasteiger partial charge >= 0.3 is 0 Å². The molecule has 4 aromatic rings. The van der Waals surface area contributed by atoms with Crippen LogP contribution in [0, 0.1) is 6.92 Å². The zero-order chi connectivity index (χ0) is 21.8. The van der Waals surface area contributed by atoms with Crippen molar-refractivity contribution in [2.75, 3.05) is 5.32 Å². The van der Waals surface area contributed by atoms with Crippen LogP contribution < -0.4 is 5.32 Å². The first-order chi connectivity index (χ1) is 15.0. The zero-order valence-electron chi connectivity index (χ0n) is 18.4. The Hall–Kier alpha value is -3.40. The fourth-order valence-corrected chi connectivity index (χ4v) is 3.95. The first kappa shape index (κ1) is 20.9. The van der Waals surface area contributed by atoms with E-state index in [1.165, 1.54) is 22.1 Å². The SMILES string of the molecule is Cc1ccc2[nH]c(-c3ccccn3)c(CCCC(=O)Nc3ccc(C(C)C)cc3)c2c1. The Labute approximate surface area is 183 Å². The van der Waals surface area contributed by atoms with Crippen LogP contribution in [0.15, 0.2) is 66.9 Å². The van der Waals surface area contributed by atoms with Crippen LogP contribution in [-0.4, -0.2) is 15.9 Å². The second kappa shape index (κ2) is 9.17. The quantitative estimate of drug-likeness (QED) is 0.359. The number of rotatable bonds is 7. The Bertz CT molecular complexity index is 1170. The van der Waals surface area contributed by atoms with Gasteiger partial charge in [-0.3, -0.25) is 9.78 Å². The number of aromatic amines is 1. The Morgan fingerprint density at radius 3 is 2.58 bits per heavy atom. The van der Waals surface area contributed by atoms with E-state index in [0.29, 0.717) is 12.3 Å². The first-order valence-corrected chi connectivity index (χ1v) is 10.9. The maximum atomic E-state index is 12.5. The van der Waals surface area contributed by atoms with E-state index in [1.807, 2.05) is 36.5 Å². The van der Waals surface area contributed by atoms with Crippen LogP contribution in [0.3, 0.4) is 0 Å². The molecule has 4 heteroatoms. The average molecular weight is 412 g/mol. The summed E-state index contributed by atoms with van der Waals surface area (Å²) in [7, 11) is 0. The van der Waals surface area contributed by atoms with Crippen molar-refractivity contribution in [1.29, 1.82) is 0 Å². The molecule has 158 valence electrons. The second-order valence-electron chi connectivity index (χ2n) is 8.42. The average Bonchev–Trinajstić information content (AvgIpc) is 3.12. The lowest BCUT2D eigenvalue weighted by atomic mass is 10.0. The molecule has 0 fully saturated rings. The van der Waals surface area contributed by atoms with Crippen molar-refractivity contribution < 1.29 is 4.79 Å². The highest BCUT2D eigenvalue weighted by Gasteiger charge is 2.15. The second-order valence-corrected chi connectivity index (χ2v) is 8.42. The molecule has 0 aliphatic carbocycles. The molecule has 4 rings (SSSR count). The maximum Gasteiger partial charge on any atom is 0.224 e. The normalized spacial score (nSPS) is 11.2. The highest BCUT2D eigenvalue weighted by molar-refractivity contribution is 5.92. The van der Waals surface area contributed by atoms with E-state index in [4.69, 9.17) is 0 Å². The molecule has 0 aliphatic heterocycles. The Morgan fingerprint density at radius 1 is 1.06 bits per heavy atom. The van der Waals surface area contributed by atoms with Crippen molar-refractivity contribution >= 4 is 22.5 Å². The minimum atomic E-state index is 0.0488. The number of fused-ring (bicyclic) bond motifs is 1. The third-order valence-corrected chi connectivity index (χ3v) is 5.67. The van der Waals surface area contributed by atoms with Gasteiger partial charge in [0.2, 0.25) is 5.91 Å². The van der Waals surface area contributed by atoms with Gasteiger partial charge in [0.25, 0.3) is 0 Å². The molecular formula is C27H29N3O. The number of carbonyl (C=O) groups excluding carboxylic acids is 1. The molecule has 0 atom stereocenters. The Morgan fingerprint density at radius 2 is 1.87 bits per heavy atom. The minimum Gasteiger partial charge on any atom is -0.353 e. The number of hydrogen-bond acceptors (Lipinski definition) is 2. The molecule has 2 N–H and O–H groups in total. The largest absolute Gasteiger partial charge is 0.353 e. The first-order valence-electron chi connectivity index (χ1n) is 10.9. The van der Waals surface area contributed by atoms with Gasteiger partial charge in [-0.25, -0.2) is 0 Å². The molecule has 0 radical (unpaired) electrons. The lowest BCUT2D eigenvalue weighted by Crippen LogP contribution is -2.11. The van der Waals surface area contributed by atoms with Gasteiger partial charge in [-0.15, -0.1) is 0 Å². The van der Waals surface area contributed by atoms with Gasteiger partial charge in [-0.2, -0.15) is 0 Å². The number of anilines is 1. The van der Waals surface area contributed by atoms with Crippen LogP contribution in [0.2, 0.25) is 0 Å². The van der Waals surface area contributed by atoms with Gasteiger partial charge in [-0.1, -0.05) is 43.7 Å². The van der Waals surface area contributed by atoms with Crippen LogP contribution in [-0.2, 0) is 11.2 Å². The summed E-state index contributed by atoms with van der Waals surface area (Å²) in [6.07, 6.45) is 3.88. The van der Waals surface area contributed by atoms with Gasteiger partial charge in [0, 0.05) is 29.2 Å². The highest BCUT2D eigenvalue weighted by Crippen LogP contribution is 2.31. The molecule has 0 bridgehead atoms. The van der Waals surface area contributed by atoms with Gasteiger partial charge in [0.15, 0.2) is 0 Å². The van der Waals surface area contributed by atoms with Crippen LogP contribution in [0.4, 0.5) is 5.69 Å². The number of aryl methyl sites for hydroxylation is 2. The summed E-state index contributed by atoms with van der Waals surface area (Å²) < 4.78 is 0. The van der Waals surface area contributed by atoms with E-state index >= 15 is 0 Å². The van der Waals surface area contributed by atoms with E-state index in [9.17, 15) is 4.79 Å². The van der Waals surface area contributed by atoms with E-state index in [0.717, 1.165) is 35.4 Å². The molecule has 0 spiro atoms. The third kappa shape index (κ3) is 4.85. The van der Waals surface area contributed by atoms with Crippen molar-refractivity contribution in [1.82, 2.24) is 9.97 Å². The fourth-order valence-electron chi connectivity index (χ4n) is 3.95. The fraction of sp³-hybridized carbons (Fsp3) is 0.259. The van der Waals surface area contributed by atoms with Crippen LogP contribution >= 0.6 is 0 Å². The molecule has 2 heterocycles. The van der Waals surface area contributed by atoms with Gasteiger partial charge < -0.3 is 10.3 Å². The molecule has 4 nitrogen and oxygen atoms in total. The van der Waals surface area contributed by atoms with Crippen LogP contribution in [0.25, 0.3) is 22.3 Å². The molecule has 0 aliphatic rings. The molecule has 1 amide bonds. The topological polar surface area (TPSA) is 57.8 Å². The Balaban J connectivity index is 1.47. The van der Waals surface area contributed by atoms with E-state index in [2.05, 4.69) is 66.4 Å². The standard InChI is InChI=1S/C27H29N3O/c1-18(2)20-11-13-21(14-12-20)29-26(31)9-6-7-22-23-17-19(3)10-15-24(23)30-27(22)25-8-4-5-16-28-25/h4-5,8,10-18,30H,6-7,9H2,1-3H3,(H,29,31). The molecule has 2 aromatic heterocycles. The van der Waals surface area contributed by atoms with E-state index in [-0.39, 0.29) is 5.91 Å². The van der Waals surface area contributed by atoms with Crippen molar-refractivity contribution in [3.05, 3.63) is 83.6 Å². The van der Waals surface area contributed by atoms with E-state index in [1.54, 1.807) is 0 Å². The lowest BCUT2D eigenvalue weighted by Gasteiger charge is -2.09. The van der Waals surface area contributed by atoms with Gasteiger partial charge in [-0.05, 0) is 73.2 Å². The molecule has 31 heavy (non-hydrogen) atoms. The van der Waals surface area contributed by atoms with Crippen molar-refractivity contribution in [3.8, 4) is 11.4 Å². The van der Waals surface area contributed by atoms with Crippen LogP contribution in [0.1, 0.15) is 49.3 Å². The molecule has 0 unspecified atom stereocenters. The number of nitrogens with one attached hydrogen (secondary N) is 2. The number of nitrogens with zero attached hydrogens (tertiary/aromatic N) is 1. The monoisotopic (exact) mass is 411 g/mol. The summed E-state index contributed by atoms with van der Waals surface area (Å²) in [5.74, 6) is 0.533.